The molecule has 0 radical (unpaired) electrons. The van der Waals surface area contributed by atoms with E-state index in [9.17, 15) is 0 Å². The van der Waals surface area contributed by atoms with Crippen molar-refractivity contribution in [2.75, 3.05) is 0 Å². The van der Waals surface area contributed by atoms with Gasteiger partial charge in [-0.25, -0.2) is 4.57 Å². The molecule has 1 N–H and O–H groups in total. The zero-order valence-corrected chi connectivity index (χ0v) is 5.49. The second-order valence-corrected chi connectivity index (χ2v) is 1.71. The molecule has 9 heavy (non-hydrogen) atoms. The number of aryl methyl sites for hydroxylation is 1. The number of hydrogen-bond donors (Lipinski definition) is 0. The van der Waals surface area contributed by atoms with E-state index in [1.54, 1.807) is 0 Å². The highest BCUT2D eigenvalue weighted by atomic mass is 16.0. The molecule has 0 aliphatic carbocycles. The summed E-state index contributed by atoms with van der Waals surface area (Å²) in [4.78, 5) is 0. The first-order valence-corrected chi connectivity index (χ1v) is 2.87. The van der Waals surface area contributed by atoms with Gasteiger partial charge in [0.15, 0.2) is 12.4 Å². The third-order valence-electron chi connectivity index (χ3n) is 1.14. The Kier molecular flexibility index (Phi) is 3.64. The molecule has 0 unspecified atom stereocenters. The van der Waals surface area contributed by atoms with E-state index in [-0.39, 0.29) is 5.48 Å². The number of hydrogen-bond acceptors (Lipinski definition) is 1. The lowest BCUT2D eigenvalue weighted by Gasteiger charge is -1.84. The van der Waals surface area contributed by atoms with E-state index in [2.05, 4.69) is 23.9 Å². The van der Waals surface area contributed by atoms with Crippen molar-refractivity contribution >= 4 is 0 Å². The Labute approximate surface area is 55.1 Å². The Morgan fingerprint density at radius 1 is 1.11 bits per heavy atom. The summed E-state index contributed by atoms with van der Waals surface area (Å²) in [7, 11) is 0. The number of rotatable bonds is 1. The average molecular weight is 125 g/mol. The van der Waals surface area contributed by atoms with E-state index in [1.807, 2.05) is 18.2 Å². The minimum Gasteiger partial charge on any atom is -0.870 e. The van der Waals surface area contributed by atoms with E-state index in [0.29, 0.717) is 0 Å². The van der Waals surface area contributed by atoms with Crippen LogP contribution < -0.4 is 4.57 Å². The quantitative estimate of drug-likeness (QED) is 0.511. The second-order valence-electron chi connectivity index (χ2n) is 1.71. The van der Waals surface area contributed by atoms with Crippen LogP contribution in [-0.2, 0) is 6.54 Å². The summed E-state index contributed by atoms with van der Waals surface area (Å²) < 4.78 is 2.12. The molecule has 0 saturated carbocycles. The predicted octanol–water partition coefficient (Wildman–Crippen LogP) is 0.817. The molecule has 2 heteroatoms. The van der Waals surface area contributed by atoms with Gasteiger partial charge in [0, 0.05) is 12.1 Å². The maximum absolute atomic E-state index is 2.12. The van der Waals surface area contributed by atoms with Gasteiger partial charge in [-0.2, -0.15) is 0 Å². The maximum atomic E-state index is 2.12. The molecule has 50 valence electrons. The molecule has 0 aliphatic heterocycles. The molecule has 1 aromatic heterocycles. The van der Waals surface area contributed by atoms with Crippen LogP contribution in [0.5, 0.6) is 0 Å². The van der Waals surface area contributed by atoms with Crippen molar-refractivity contribution in [1.29, 1.82) is 0 Å². The molecular formula is C7H11NO. The van der Waals surface area contributed by atoms with Crippen LogP contribution in [0.15, 0.2) is 30.6 Å². The van der Waals surface area contributed by atoms with Crippen molar-refractivity contribution in [2.45, 2.75) is 13.5 Å². The van der Waals surface area contributed by atoms with E-state index in [1.165, 1.54) is 0 Å². The largest absolute Gasteiger partial charge is 0.870 e. The number of pyridine rings is 1. The van der Waals surface area contributed by atoms with Gasteiger partial charge in [-0.05, 0) is 6.92 Å². The highest BCUT2D eigenvalue weighted by molar-refractivity contribution is 4.83. The topological polar surface area (TPSA) is 33.9 Å². The molecular weight excluding hydrogens is 114 g/mol. The summed E-state index contributed by atoms with van der Waals surface area (Å²) in [6, 6.07) is 6.08. The highest BCUT2D eigenvalue weighted by Gasteiger charge is 1.86. The zero-order chi connectivity index (χ0) is 5.82. The average Bonchev–Trinajstić information content (AvgIpc) is 1.90. The van der Waals surface area contributed by atoms with E-state index in [4.69, 9.17) is 0 Å². The second kappa shape index (κ2) is 4.04. The van der Waals surface area contributed by atoms with Gasteiger partial charge >= 0.3 is 0 Å². The van der Waals surface area contributed by atoms with Gasteiger partial charge < -0.3 is 5.48 Å². The molecule has 0 fully saturated rings. The van der Waals surface area contributed by atoms with Gasteiger partial charge in [-0.1, -0.05) is 6.07 Å². The molecule has 0 bridgehead atoms. The molecule has 2 nitrogen and oxygen atoms in total. The fourth-order valence-corrected chi connectivity index (χ4v) is 0.645. The van der Waals surface area contributed by atoms with Crippen molar-refractivity contribution in [2.24, 2.45) is 0 Å². The monoisotopic (exact) mass is 125 g/mol. The summed E-state index contributed by atoms with van der Waals surface area (Å²) in [6.07, 6.45) is 4.11. The molecule has 0 aromatic carbocycles. The zero-order valence-electron chi connectivity index (χ0n) is 5.49. The SMILES string of the molecule is CC[n+]1ccccc1.[OH-]. The van der Waals surface area contributed by atoms with E-state index < -0.39 is 0 Å². The lowest BCUT2D eigenvalue weighted by Crippen LogP contribution is -2.30. The first-order valence-electron chi connectivity index (χ1n) is 2.87. The van der Waals surface area contributed by atoms with Gasteiger partial charge in [0.1, 0.15) is 6.54 Å². The summed E-state index contributed by atoms with van der Waals surface area (Å²) >= 11 is 0. The van der Waals surface area contributed by atoms with Crippen LogP contribution in [0.1, 0.15) is 6.92 Å². The van der Waals surface area contributed by atoms with Crippen molar-refractivity contribution in [3.05, 3.63) is 30.6 Å². The fourth-order valence-electron chi connectivity index (χ4n) is 0.645. The molecule has 0 saturated heterocycles. The van der Waals surface area contributed by atoms with Crippen molar-refractivity contribution in [1.82, 2.24) is 0 Å². The van der Waals surface area contributed by atoms with Gasteiger partial charge in [0.05, 0.1) is 0 Å². The highest BCUT2D eigenvalue weighted by Crippen LogP contribution is 1.74. The summed E-state index contributed by atoms with van der Waals surface area (Å²) in [5.41, 5.74) is 0. The normalized spacial score (nSPS) is 8.11. The number of aromatic nitrogens is 1. The van der Waals surface area contributed by atoms with Crippen LogP contribution in [0.25, 0.3) is 0 Å². The Hall–Kier alpha value is -0.890. The lowest BCUT2D eigenvalue weighted by atomic mass is 10.5. The Morgan fingerprint density at radius 3 is 2.00 bits per heavy atom. The van der Waals surface area contributed by atoms with Gasteiger partial charge in [0.25, 0.3) is 0 Å². The van der Waals surface area contributed by atoms with Crippen LogP contribution in [0.2, 0.25) is 0 Å². The van der Waals surface area contributed by atoms with Crippen molar-refractivity contribution < 1.29 is 10.0 Å². The number of nitrogens with zero attached hydrogens (tertiary/aromatic N) is 1. The van der Waals surface area contributed by atoms with E-state index in [0.717, 1.165) is 6.54 Å². The van der Waals surface area contributed by atoms with Crippen molar-refractivity contribution in [3.8, 4) is 0 Å². The van der Waals surface area contributed by atoms with Gasteiger partial charge in [0.2, 0.25) is 0 Å². The lowest BCUT2D eigenvalue weighted by molar-refractivity contribution is -0.693. The van der Waals surface area contributed by atoms with Crippen LogP contribution in [-0.4, -0.2) is 5.48 Å². The van der Waals surface area contributed by atoms with Crippen LogP contribution in [0.4, 0.5) is 0 Å². The molecule has 1 rings (SSSR count). The van der Waals surface area contributed by atoms with Gasteiger partial charge in [-0.15, -0.1) is 0 Å². The van der Waals surface area contributed by atoms with Crippen LogP contribution in [0.3, 0.4) is 0 Å². The molecule has 0 atom stereocenters. The summed E-state index contributed by atoms with van der Waals surface area (Å²) in [5.74, 6) is 0. The predicted molar refractivity (Wildman–Crippen MR) is 34.2 cm³/mol. The molecule has 0 aliphatic rings. The minimum absolute atomic E-state index is 0. The van der Waals surface area contributed by atoms with Gasteiger partial charge in [-0.3, -0.25) is 0 Å². The molecule has 0 amide bonds. The van der Waals surface area contributed by atoms with Crippen LogP contribution >= 0.6 is 0 Å². The third kappa shape index (κ3) is 2.24. The van der Waals surface area contributed by atoms with E-state index >= 15 is 0 Å². The Bertz CT molecular complexity index is 150. The van der Waals surface area contributed by atoms with Crippen molar-refractivity contribution in [3.63, 3.8) is 0 Å². The molecule has 1 aromatic rings. The maximum Gasteiger partial charge on any atom is 0.168 e. The molecule has 1 heterocycles. The third-order valence-corrected chi connectivity index (χ3v) is 1.14. The fraction of sp³-hybridized carbons (Fsp3) is 0.286. The summed E-state index contributed by atoms with van der Waals surface area (Å²) in [5, 5.41) is 0. The summed E-state index contributed by atoms with van der Waals surface area (Å²) in [6.45, 7) is 3.18. The Balaban J connectivity index is 0.000000640. The Morgan fingerprint density at radius 2 is 1.67 bits per heavy atom. The first kappa shape index (κ1) is 8.11. The first-order chi connectivity index (χ1) is 3.93. The minimum atomic E-state index is 0. The smallest absolute Gasteiger partial charge is 0.168 e. The standard InChI is InChI=1S/C7H10N.H2O/c1-2-8-6-4-3-5-7-8;/h3-7H,2H2,1H3;1H2/q+1;/p-1. The van der Waals surface area contributed by atoms with Crippen LogP contribution in [0, 0.1) is 0 Å². The molecule has 0 spiro atoms.